The molecule has 0 unspecified atom stereocenters. The molecule has 2 aromatic heterocycles. The van der Waals surface area contributed by atoms with E-state index in [1.54, 1.807) is 23.1 Å². The van der Waals surface area contributed by atoms with Crippen LogP contribution in [0.5, 0.6) is 0 Å². The molecule has 0 saturated carbocycles. The lowest BCUT2D eigenvalue weighted by atomic mass is 10.1. The molecular weight excluding hydrogens is 448 g/mol. The normalized spacial score (nSPS) is 14.6. The molecule has 33 heavy (non-hydrogen) atoms. The van der Waals surface area contributed by atoms with Gasteiger partial charge >= 0.3 is 0 Å². The first kappa shape index (κ1) is 22.1. The molecule has 0 radical (unpaired) electrons. The average Bonchev–Trinajstić information content (AvgIpc) is 3.28. The van der Waals surface area contributed by atoms with Gasteiger partial charge in [-0.2, -0.15) is 0 Å². The van der Waals surface area contributed by atoms with Crippen molar-refractivity contribution in [2.75, 3.05) is 26.2 Å². The van der Waals surface area contributed by atoms with Crippen molar-refractivity contribution in [1.29, 1.82) is 0 Å². The number of pyridine rings is 1. The first-order valence-corrected chi connectivity index (χ1v) is 13.0. The molecule has 1 aliphatic rings. The quantitative estimate of drug-likeness (QED) is 0.357. The van der Waals surface area contributed by atoms with Crippen molar-refractivity contribution in [3.8, 4) is 0 Å². The lowest BCUT2D eigenvalue weighted by molar-refractivity contribution is 0.0629. The van der Waals surface area contributed by atoms with Crippen molar-refractivity contribution in [2.45, 2.75) is 23.6 Å². The third-order valence-electron chi connectivity index (χ3n) is 5.93. The van der Waals surface area contributed by atoms with Gasteiger partial charge in [-0.1, -0.05) is 48.2 Å². The van der Waals surface area contributed by atoms with E-state index in [0.717, 1.165) is 59.6 Å². The maximum absolute atomic E-state index is 13.0. The zero-order chi connectivity index (χ0) is 22.6. The van der Waals surface area contributed by atoms with E-state index in [0.29, 0.717) is 0 Å². The number of carbonyl (C=O) groups is 1. The predicted octanol–water partition coefficient (Wildman–Crippen LogP) is 5.25. The summed E-state index contributed by atoms with van der Waals surface area (Å²) in [6.07, 6.45) is 1.85. The Kier molecular flexibility index (Phi) is 6.71. The van der Waals surface area contributed by atoms with Crippen LogP contribution >= 0.6 is 23.1 Å². The van der Waals surface area contributed by atoms with Gasteiger partial charge in [0.25, 0.3) is 5.91 Å². The lowest BCUT2D eigenvalue weighted by Crippen LogP contribution is -2.48. The second kappa shape index (κ2) is 10.0. The molecule has 2 aromatic carbocycles. The van der Waals surface area contributed by atoms with Crippen LogP contribution in [0.15, 0.2) is 70.5 Å². The van der Waals surface area contributed by atoms with Crippen molar-refractivity contribution < 1.29 is 4.79 Å². The van der Waals surface area contributed by atoms with E-state index in [9.17, 15) is 4.79 Å². The number of amides is 1. The molecule has 0 N–H and O–H groups in total. The minimum atomic E-state index is 0.122. The Balaban J connectivity index is 1.15. The van der Waals surface area contributed by atoms with Crippen LogP contribution < -0.4 is 0 Å². The first-order valence-electron chi connectivity index (χ1n) is 11.1. The zero-order valence-electron chi connectivity index (χ0n) is 18.6. The standard InChI is InChI=1S/C26H26N4OS2/c1-19-17-32-26(28-19)33-18-20-7-9-22(10-8-20)25(31)30-14-12-29(13-15-30)16-23-5-2-4-21-6-3-11-27-24(21)23/h2-11,17H,12-16,18H2,1H3. The molecule has 7 heteroatoms. The third kappa shape index (κ3) is 5.27. The number of rotatable bonds is 6. The highest BCUT2D eigenvalue weighted by molar-refractivity contribution is 8.00. The minimum Gasteiger partial charge on any atom is -0.336 e. The number of piperazine rings is 1. The van der Waals surface area contributed by atoms with Gasteiger partial charge in [-0.25, -0.2) is 4.98 Å². The SMILES string of the molecule is Cc1csc(SCc2ccc(C(=O)N3CCN(Cc4cccc5cccnc45)CC3)cc2)n1. The number of aromatic nitrogens is 2. The molecule has 1 aliphatic heterocycles. The second-order valence-electron chi connectivity index (χ2n) is 8.30. The molecule has 4 aromatic rings. The molecule has 5 rings (SSSR count). The Labute approximate surface area is 202 Å². The Bertz CT molecular complexity index is 1240. The van der Waals surface area contributed by atoms with Gasteiger partial charge in [-0.15, -0.1) is 11.3 Å². The molecule has 5 nitrogen and oxygen atoms in total. The Morgan fingerprint density at radius 1 is 1.03 bits per heavy atom. The van der Waals surface area contributed by atoms with E-state index < -0.39 is 0 Å². The molecule has 3 heterocycles. The number of thioether (sulfide) groups is 1. The molecule has 0 bridgehead atoms. The monoisotopic (exact) mass is 474 g/mol. The number of thiazole rings is 1. The molecule has 1 amide bonds. The average molecular weight is 475 g/mol. The second-order valence-corrected chi connectivity index (χ2v) is 10.4. The molecule has 0 aliphatic carbocycles. The van der Waals surface area contributed by atoms with Gasteiger partial charge in [0, 0.05) is 66.7 Å². The fourth-order valence-corrected chi connectivity index (χ4v) is 5.92. The smallest absolute Gasteiger partial charge is 0.253 e. The highest BCUT2D eigenvalue weighted by Crippen LogP contribution is 2.26. The van der Waals surface area contributed by atoms with Crippen LogP contribution in [0.25, 0.3) is 10.9 Å². The molecule has 0 spiro atoms. The summed E-state index contributed by atoms with van der Waals surface area (Å²) >= 11 is 3.42. The van der Waals surface area contributed by atoms with Gasteiger partial charge in [0.2, 0.25) is 0 Å². The Morgan fingerprint density at radius 2 is 1.82 bits per heavy atom. The van der Waals surface area contributed by atoms with Gasteiger partial charge in [0.15, 0.2) is 0 Å². The number of hydrogen-bond acceptors (Lipinski definition) is 6. The van der Waals surface area contributed by atoms with E-state index in [1.807, 2.05) is 36.2 Å². The van der Waals surface area contributed by atoms with Crippen LogP contribution in [-0.2, 0) is 12.3 Å². The van der Waals surface area contributed by atoms with Crippen LogP contribution in [0.3, 0.4) is 0 Å². The number of hydrogen-bond donors (Lipinski definition) is 0. The van der Waals surface area contributed by atoms with Crippen molar-refractivity contribution in [1.82, 2.24) is 19.8 Å². The van der Waals surface area contributed by atoms with E-state index >= 15 is 0 Å². The number of benzene rings is 2. The number of fused-ring (bicyclic) bond motifs is 1. The summed E-state index contributed by atoms with van der Waals surface area (Å²) in [4.78, 5) is 26.5. The molecule has 168 valence electrons. The van der Waals surface area contributed by atoms with E-state index in [4.69, 9.17) is 0 Å². The maximum atomic E-state index is 13.0. The van der Waals surface area contributed by atoms with E-state index in [1.165, 1.54) is 16.5 Å². The molecule has 1 fully saturated rings. The van der Waals surface area contributed by atoms with Gasteiger partial charge < -0.3 is 4.90 Å². The van der Waals surface area contributed by atoms with Crippen LogP contribution in [0.2, 0.25) is 0 Å². The summed E-state index contributed by atoms with van der Waals surface area (Å²) in [5.74, 6) is 0.986. The van der Waals surface area contributed by atoms with E-state index in [2.05, 4.69) is 56.6 Å². The Hall–Kier alpha value is -2.74. The van der Waals surface area contributed by atoms with Gasteiger partial charge in [-0.05, 0) is 36.2 Å². The number of nitrogens with zero attached hydrogens (tertiary/aromatic N) is 4. The van der Waals surface area contributed by atoms with Gasteiger partial charge in [0.05, 0.1) is 5.52 Å². The highest BCUT2D eigenvalue weighted by atomic mass is 32.2. The lowest BCUT2D eigenvalue weighted by Gasteiger charge is -2.35. The molecular formula is C26H26N4OS2. The molecule has 1 saturated heterocycles. The van der Waals surface area contributed by atoms with E-state index in [-0.39, 0.29) is 5.91 Å². The summed E-state index contributed by atoms with van der Waals surface area (Å²) in [5.41, 5.74) is 5.35. The zero-order valence-corrected chi connectivity index (χ0v) is 20.2. The third-order valence-corrected chi connectivity index (χ3v) is 8.14. The summed E-state index contributed by atoms with van der Waals surface area (Å²) < 4.78 is 1.09. The fourth-order valence-electron chi connectivity index (χ4n) is 4.11. The summed E-state index contributed by atoms with van der Waals surface area (Å²) in [6, 6.07) is 18.5. The Morgan fingerprint density at radius 3 is 2.58 bits per heavy atom. The largest absolute Gasteiger partial charge is 0.336 e. The predicted molar refractivity (Wildman–Crippen MR) is 136 cm³/mol. The van der Waals surface area contributed by atoms with Gasteiger partial charge in [-0.3, -0.25) is 14.7 Å². The van der Waals surface area contributed by atoms with Crippen LogP contribution in [0.4, 0.5) is 0 Å². The first-order chi connectivity index (χ1) is 16.2. The fraction of sp³-hybridized carbons (Fsp3) is 0.269. The molecule has 0 atom stereocenters. The number of para-hydroxylation sites is 1. The van der Waals surface area contributed by atoms with Crippen molar-refractivity contribution in [2.24, 2.45) is 0 Å². The topological polar surface area (TPSA) is 49.3 Å². The van der Waals surface area contributed by atoms with Crippen LogP contribution in [0.1, 0.15) is 27.2 Å². The number of carbonyl (C=O) groups excluding carboxylic acids is 1. The van der Waals surface area contributed by atoms with Crippen molar-refractivity contribution in [3.05, 3.63) is 88.6 Å². The summed E-state index contributed by atoms with van der Waals surface area (Å²) in [6.45, 7) is 6.12. The number of aryl methyl sites for hydroxylation is 1. The van der Waals surface area contributed by atoms with Crippen LogP contribution in [-0.4, -0.2) is 51.9 Å². The summed E-state index contributed by atoms with van der Waals surface area (Å²) in [7, 11) is 0. The maximum Gasteiger partial charge on any atom is 0.253 e. The van der Waals surface area contributed by atoms with Crippen LogP contribution in [0, 0.1) is 6.92 Å². The summed E-state index contributed by atoms with van der Waals surface area (Å²) in [5, 5.41) is 3.25. The van der Waals surface area contributed by atoms with Crippen molar-refractivity contribution >= 4 is 39.9 Å². The highest BCUT2D eigenvalue weighted by Gasteiger charge is 2.22. The minimum absolute atomic E-state index is 0.122. The van der Waals surface area contributed by atoms with Crippen molar-refractivity contribution in [3.63, 3.8) is 0 Å². The van der Waals surface area contributed by atoms with Gasteiger partial charge in [0.1, 0.15) is 4.34 Å².